The highest BCUT2D eigenvalue weighted by atomic mass is 32.2. The highest BCUT2D eigenvalue weighted by molar-refractivity contribution is 7.99. The molecule has 0 amide bonds. The number of thioether (sulfide) groups is 1. The molecule has 6 heteroatoms. The van der Waals surface area contributed by atoms with Crippen LogP contribution in [0.15, 0.2) is 59.8 Å². The molecule has 0 atom stereocenters. The summed E-state index contributed by atoms with van der Waals surface area (Å²) in [7, 11) is 1.69. The molecule has 3 rings (SSSR count). The van der Waals surface area contributed by atoms with Crippen LogP contribution in [0.1, 0.15) is 12.0 Å². The van der Waals surface area contributed by atoms with Gasteiger partial charge in [0.15, 0.2) is 11.0 Å². The van der Waals surface area contributed by atoms with Crippen molar-refractivity contribution in [1.29, 1.82) is 0 Å². The smallest absolute Gasteiger partial charge is 0.191 e. The lowest BCUT2D eigenvalue weighted by Crippen LogP contribution is -2.05. The zero-order valence-electron chi connectivity index (χ0n) is 14.1. The number of hydrogen-bond acceptors (Lipinski definition) is 4. The van der Waals surface area contributed by atoms with Crippen molar-refractivity contribution < 1.29 is 9.13 Å². The summed E-state index contributed by atoms with van der Waals surface area (Å²) >= 11 is 1.61. The van der Waals surface area contributed by atoms with E-state index in [9.17, 15) is 4.39 Å². The number of rotatable bonds is 8. The molecule has 0 spiro atoms. The van der Waals surface area contributed by atoms with E-state index in [0.717, 1.165) is 22.9 Å². The first kappa shape index (κ1) is 17.6. The van der Waals surface area contributed by atoms with E-state index in [1.165, 1.54) is 6.07 Å². The van der Waals surface area contributed by atoms with Crippen LogP contribution < -0.4 is 0 Å². The first-order chi connectivity index (χ1) is 12.3. The summed E-state index contributed by atoms with van der Waals surface area (Å²) in [6.07, 6.45) is 0.925. The minimum absolute atomic E-state index is 0.292. The van der Waals surface area contributed by atoms with E-state index in [-0.39, 0.29) is 5.82 Å². The van der Waals surface area contributed by atoms with Crippen LogP contribution in [0.2, 0.25) is 0 Å². The third-order valence-corrected chi connectivity index (χ3v) is 4.79. The molecule has 0 unspecified atom stereocenters. The van der Waals surface area contributed by atoms with Gasteiger partial charge in [0.2, 0.25) is 0 Å². The van der Waals surface area contributed by atoms with Gasteiger partial charge >= 0.3 is 0 Å². The zero-order chi connectivity index (χ0) is 17.5. The van der Waals surface area contributed by atoms with Crippen LogP contribution >= 0.6 is 11.8 Å². The molecule has 25 heavy (non-hydrogen) atoms. The summed E-state index contributed by atoms with van der Waals surface area (Å²) in [5.41, 5.74) is 1.59. The first-order valence-corrected chi connectivity index (χ1v) is 9.12. The Hall–Kier alpha value is -2.18. The summed E-state index contributed by atoms with van der Waals surface area (Å²) in [6.45, 7) is 1.31. The van der Waals surface area contributed by atoms with Crippen LogP contribution in [0.25, 0.3) is 11.4 Å². The molecular weight excluding hydrogens is 337 g/mol. The Morgan fingerprint density at radius 1 is 1.04 bits per heavy atom. The zero-order valence-corrected chi connectivity index (χ0v) is 14.9. The average molecular weight is 357 g/mol. The largest absolute Gasteiger partial charge is 0.385 e. The van der Waals surface area contributed by atoms with Crippen LogP contribution in [0, 0.1) is 5.82 Å². The van der Waals surface area contributed by atoms with Gasteiger partial charge in [-0.2, -0.15) is 0 Å². The molecule has 0 radical (unpaired) electrons. The molecule has 1 aromatic heterocycles. The number of aromatic nitrogens is 3. The van der Waals surface area contributed by atoms with Crippen molar-refractivity contribution in [3.63, 3.8) is 0 Å². The number of methoxy groups -OCH3 is 1. The maximum atomic E-state index is 14.3. The molecule has 0 bridgehead atoms. The second-order valence-corrected chi connectivity index (χ2v) is 6.61. The van der Waals surface area contributed by atoms with E-state index < -0.39 is 0 Å². The van der Waals surface area contributed by atoms with E-state index in [1.807, 2.05) is 41.0 Å². The van der Waals surface area contributed by atoms with E-state index in [4.69, 9.17) is 4.74 Å². The number of benzene rings is 2. The summed E-state index contributed by atoms with van der Waals surface area (Å²) in [5, 5.41) is 9.35. The number of ether oxygens (including phenoxy) is 1. The lowest BCUT2D eigenvalue weighted by Gasteiger charge is -2.11. The molecule has 0 fully saturated rings. The summed E-state index contributed by atoms with van der Waals surface area (Å²) in [5.74, 6) is 1.13. The Bertz CT molecular complexity index is 807. The third-order valence-electron chi connectivity index (χ3n) is 3.74. The topological polar surface area (TPSA) is 39.9 Å². The van der Waals surface area contributed by atoms with Crippen molar-refractivity contribution in [2.75, 3.05) is 19.5 Å². The predicted octanol–water partition coefficient (Wildman–Crippen LogP) is 4.26. The second kappa shape index (κ2) is 8.78. The molecule has 0 aliphatic heterocycles. The van der Waals surface area contributed by atoms with Crippen molar-refractivity contribution in [1.82, 2.24) is 14.8 Å². The Kier molecular flexibility index (Phi) is 6.19. The summed E-state index contributed by atoms with van der Waals surface area (Å²) in [6, 6.07) is 16.7. The van der Waals surface area contributed by atoms with Crippen LogP contribution in [0.3, 0.4) is 0 Å². The molecular formula is C19H20FN3OS. The molecule has 1 heterocycles. The van der Waals surface area contributed by atoms with Crippen LogP contribution in [-0.4, -0.2) is 34.2 Å². The molecule has 4 nitrogen and oxygen atoms in total. The molecule has 130 valence electrons. The van der Waals surface area contributed by atoms with Crippen LogP contribution in [-0.2, 0) is 11.3 Å². The fourth-order valence-corrected chi connectivity index (χ4v) is 3.36. The van der Waals surface area contributed by atoms with E-state index >= 15 is 0 Å². The molecule has 0 N–H and O–H groups in total. The predicted molar refractivity (Wildman–Crippen MR) is 98.2 cm³/mol. The Labute approximate surface area is 151 Å². The lowest BCUT2D eigenvalue weighted by molar-refractivity contribution is 0.200. The molecule has 0 aliphatic rings. The van der Waals surface area contributed by atoms with Crippen LogP contribution in [0.4, 0.5) is 4.39 Å². The van der Waals surface area contributed by atoms with Gasteiger partial charge in [-0.05, 0) is 24.1 Å². The molecule has 0 saturated carbocycles. The third kappa shape index (κ3) is 4.46. The minimum Gasteiger partial charge on any atom is -0.385 e. The van der Waals surface area contributed by atoms with Gasteiger partial charge < -0.3 is 4.74 Å². The fraction of sp³-hybridized carbons (Fsp3) is 0.263. The van der Waals surface area contributed by atoms with Crippen molar-refractivity contribution in [2.45, 2.75) is 18.1 Å². The van der Waals surface area contributed by atoms with Gasteiger partial charge in [0.05, 0.1) is 12.1 Å². The maximum Gasteiger partial charge on any atom is 0.191 e. The van der Waals surface area contributed by atoms with Gasteiger partial charge in [0.1, 0.15) is 5.82 Å². The van der Waals surface area contributed by atoms with Crippen molar-refractivity contribution >= 4 is 11.8 Å². The van der Waals surface area contributed by atoms with Gasteiger partial charge in [-0.15, -0.1) is 10.2 Å². The standard InChI is InChI=1S/C19H20FN3OS/c1-24-12-7-13-25-19-22-21-18(16-10-5-6-11-17(16)20)23(19)14-15-8-3-2-4-9-15/h2-6,8-11H,7,12-14H2,1H3. The lowest BCUT2D eigenvalue weighted by atomic mass is 10.2. The van der Waals surface area contributed by atoms with E-state index in [0.29, 0.717) is 24.5 Å². The highest BCUT2D eigenvalue weighted by Gasteiger charge is 2.17. The van der Waals surface area contributed by atoms with Crippen molar-refractivity contribution in [3.05, 3.63) is 66.0 Å². The SMILES string of the molecule is COCCCSc1nnc(-c2ccccc2F)n1Cc1ccccc1. The second-order valence-electron chi connectivity index (χ2n) is 5.55. The van der Waals surface area contributed by atoms with Crippen molar-refractivity contribution in [2.24, 2.45) is 0 Å². The highest BCUT2D eigenvalue weighted by Crippen LogP contribution is 2.27. The number of hydrogen-bond donors (Lipinski definition) is 0. The van der Waals surface area contributed by atoms with Gasteiger partial charge in [-0.25, -0.2) is 4.39 Å². The first-order valence-electron chi connectivity index (χ1n) is 8.13. The van der Waals surface area contributed by atoms with Gasteiger partial charge in [0.25, 0.3) is 0 Å². The van der Waals surface area contributed by atoms with Gasteiger partial charge in [-0.3, -0.25) is 4.57 Å². The molecule has 0 aliphatic carbocycles. The number of halogens is 1. The fourth-order valence-electron chi connectivity index (χ4n) is 2.51. The Balaban J connectivity index is 1.92. The van der Waals surface area contributed by atoms with Crippen molar-refractivity contribution in [3.8, 4) is 11.4 Å². The van der Waals surface area contributed by atoms with E-state index in [1.54, 1.807) is 31.0 Å². The summed E-state index contributed by atoms with van der Waals surface area (Å²) < 4.78 is 21.3. The Morgan fingerprint density at radius 2 is 1.80 bits per heavy atom. The minimum atomic E-state index is -0.292. The molecule has 3 aromatic rings. The monoisotopic (exact) mass is 357 g/mol. The number of nitrogens with zero attached hydrogens (tertiary/aromatic N) is 3. The van der Waals surface area contributed by atoms with E-state index in [2.05, 4.69) is 10.2 Å². The van der Waals surface area contributed by atoms with Crippen LogP contribution in [0.5, 0.6) is 0 Å². The molecule has 2 aromatic carbocycles. The maximum absolute atomic E-state index is 14.3. The molecule has 0 saturated heterocycles. The quantitative estimate of drug-likeness (QED) is 0.446. The normalized spacial score (nSPS) is 11.0. The van der Waals surface area contributed by atoms with Gasteiger partial charge in [0, 0.05) is 19.5 Å². The summed E-state index contributed by atoms with van der Waals surface area (Å²) in [4.78, 5) is 0. The average Bonchev–Trinajstić information content (AvgIpc) is 3.02. The Morgan fingerprint density at radius 3 is 2.56 bits per heavy atom. The van der Waals surface area contributed by atoms with Gasteiger partial charge in [-0.1, -0.05) is 54.2 Å².